The van der Waals surface area contributed by atoms with Crippen LogP contribution in [0.1, 0.15) is 92.9 Å². The molecule has 1 saturated heterocycles. The molecule has 0 spiro atoms. The van der Waals surface area contributed by atoms with Gasteiger partial charge in [0.15, 0.2) is 0 Å². The fourth-order valence-electron chi connectivity index (χ4n) is 7.36. The summed E-state index contributed by atoms with van der Waals surface area (Å²) in [5, 5.41) is 19.9. The van der Waals surface area contributed by atoms with Crippen LogP contribution >= 0.6 is 0 Å². The van der Waals surface area contributed by atoms with Gasteiger partial charge in [-0.15, -0.1) is 0 Å². The first-order valence-electron chi connectivity index (χ1n) is 16.7. The predicted molar refractivity (Wildman–Crippen MR) is 168 cm³/mol. The van der Waals surface area contributed by atoms with E-state index in [0.29, 0.717) is 30.0 Å². The van der Waals surface area contributed by atoms with Crippen molar-refractivity contribution in [1.29, 1.82) is 0 Å². The third-order valence-corrected chi connectivity index (χ3v) is 9.99. The number of amides is 3. The maximum absolute atomic E-state index is 13.5. The maximum atomic E-state index is 13.5. The smallest absolute Gasteiger partial charge is 0.270 e. The van der Waals surface area contributed by atoms with Crippen LogP contribution in [0.2, 0.25) is 0 Å². The summed E-state index contributed by atoms with van der Waals surface area (Å²) in [6, 6.07) is 7.42. The molecule has 1 aromatic heterocycles. The molecule has 4 aliphatic carbocycles. The van der Waals surface area contributed by atoms with Crippen LogP contribution in [0.15, 0.2) is 30.5 Å². The number of aryl methyl sites for hydroxylation is 2. The van der Waals surface area contributed by atoms with Crippen molar-refractivity contribution < 1.29 is 19.5 Å². The van der Waals surface area contributed by atoms with Gasteiger partial charge in [0.2, 0.25) is 11.8 Å². The molecule has 0 bridgehead atoms. The van der Waals surface area contributed by atoms with E-state index in [1.54, 1.807) is 16.9 Å². The quantitative estimate of drug-likeness (QED) is 0.310. The van der Waals surface area contributed by atoms with Crippen LogP contribution in [0, 0.1) is 23.7 Å². The molecule has 10 heteroatoms. The lowest BCUT2D eigenvalue weighted by Gasteiger charge is -2.28. The van der Waals surface area contributed by atoms with E-state index in [9.17, 15) is 19.5 Å². The molecule has 7 rings (SSSR count). The number of aliphatic hydroxyl groups excluding tert-OH is 1. The number of benzene rings is 1. The Morgan fingerprint density at radius 3 is 2.23 bits per heavy atom. The van der Waals surface area contributed by atoms with Crippen molar-refractivity contribution in [1.82, 2.24) is 20.0 Å². The normalized spacial score (nSPS) is 22.7. The monoisotopic (exact) mass is 604 g/mol. The molecule has 44 heavy (non-hydrogen) atoms. The number of hydrogen-bond donors (Lipinski definition) is 4. The molecule has 10 nitrogen and oxygen atoms in total. The van der Waals surface area contributed by atoms with Crippen LogP contribution in [0.25, 0.3) is 0 Å². The number of aromatic nitrogens is 2. The largest absolute Gasteiger partial charge is 0.392 e. The van der Waals surface area contributed by atoms with Crippen LogP contribution in [-0.4, -0.2) is 68.8 Å². The number of hydrogen-bond acceptors (Lipinski definition) is 6. The lowest BCUT2D eigenvalue weighted by Crippen LogP contribution is -2.50. The van der Waals surface area contributed by atoms with Gasteiger partial charge in [0.05, 0.1) is 12.1 Å². The van der Waals surface area contributed by atoms with Gasteiger partial charge in [0, 0.05) is 31.0 Å². The summed E-state index contributed by atoms with van der Waals surface area (Å²) in [5.41, 5.74) is 9.41. The second-order valence-electron chi connectivity index (χ2n) is 13.9. The van der Waals surface area contributed by atoms with Crippen molar-refractivity contribution >= 4 is 23.4 Å². The van der Waals surface area contributed by atoms with Crippen molar-refractivity contribution in [2.45, 2.75) is 102 Å². The number of rotatable bonds is 11. The maximum Gasteiger partial charge on any atom is 0.270 e. The molecule has 3 amide bonds. The van der Waals surface area contributed by atoms with E-state index >= 15 is 0 Å². The Hall–Kier alpha value is -3.24. The van der Waals surface area contributed by atoms with Gasteiger partial charge in [-0.25, -0.2) is 0 Å². The SMILES string of the molecule is CC(C)n1nccc1C(=O)NC(C(=O)Nc1ccc2c(c1)CCC2)C(C1CC1)C1CC1.NC(=O)C(C1CC1)N1CCC(O)C1. The summed E-state index contributed by atoms with van der Waals surface area (Å²) in [6.07, 6.45) is 12.4. The van der Waals surface area contributed by atoms with E-state index in [1.165, 1.54) is 17.5 Å². The lowest BCUT2D eigenvalue weighted by atomic mass is 9.88. The summed E-state index contributed by atoms with van der Waals surface area (Å²) >= 11 is 0. The zero-order chi connectivity index (χ0) is 31.0. The van der Waals surface area contributed by atoms with E-state index in [2.05, 4.69) is 27.9 Å². The number of nitrogens with one attached hydrogen (secondary N) is 2. The van der Waals surface area contributed by atoms with E-state index < -0.39 is 6.04 Å². The van der Waals surface area contributed by atoms with Crippen molar-refractivity contribution in [3.63, 3.8) is 0 Å². The zero-order valence-corrected chi connectivity index (χ0v) is 26.1. The fraction of sp³-hybridized carbons (Fsp3) is 0.647. The number of nitrogens with two attached hydrogens (primary N) is 1. The number of nitrogens with zero attached hydrogens (tertiary/aromatic N) is 3. The Balaban J connectivity index is 0.000000220. The Bertz CT molecular complexity index is 1350. The van der Waals surface area contributed by atoms with Gasteiger partial charge >= 0.3 is 0 Å². The number of aliphatic hydroxyl groups is 1. The van der Waals surface area contributed by atoms with Gasteiger partial charge in [0.25, 0.3) is 5.91 Å². The molecule has 1 aliphatic heterocycles. The number of primary amides is 1. The van der Waals surface area contributed by atoms with Gasteiger partial charge in [-0.05, 0) is 131 Å². The molecular formula is C34H48N6O4. The summed E-state index contributed by atoms with van der Waals surface area (Å²) in [6.45, 7) is 5.42. The first-order valence-corrected chi connectivity index (χ1v) is 16.7. The van der Waals surface area contributed by atoms with Crippen molar-refractivity contribution in [3.05, 3.63) is 47.3 Å². The summed E-state index contributed by atoms with van der Waals surface area (Å²) in [5.74, 6) is 1.22. The Labute approximate surface area is 260 Å². The second-order valence-corrected chi connectivity index (χ2v) is 13.9. The first-order chi connectivity index (χ1) is 21.2. The molecule has 3 saturated carbocycles. The molecule has 0 radical (unpaired) electrons. The predicted octanol–water partition coefficient (Wildman–Crippen LogP) is 3.44. The fourth-order valence-corrected chi connectivity index (χ4v) is 7.36. The van der Waals surface area contributed by atoms with Gasteiger partial charge in [0.1, 0.15) is 11.7 Å². The van der Waals surface area contributed by atoms with Crippen molar-refractivity contribution in [2.75, 3.05) is 18.4 Å². The topological polar surface area (TPSA) is 143 Å². The number of fused-ring (bicyclic) bond motifs is 1. The minimum absolute atomic E-state index is 0.0806. The molecule has 5 aliphatic rings. The van der Waals surface area contributed by atoms with Gasteiger partial charge in [-0.1, -0.05) is 6.07 Å². The first kappa shape index (κ1) is 30.8. The number of β-amino-alcohol motifs (C(OH)–C–C–N with tert-alkyl or cyclic N) is 1. The van der Waals surface area contributed by atoms with E-state index in [-0.39, 0.29) is 41.8 Å². The van der Waals surface area contributed by atoms with Crippen LogP contribution < -0.4 is 16.4 Å². The average molecular weight is 605 g/mol. The Kier molecular flexibility index (Phi) is 9.10. The molecule has 2 heterocycles. The molecule has 2 aromatic rings. The van der Waals surface area contributed by atoms with Crippen LogP contribution in [0.3, 0.4) is 0 Å². The standard InChI is InChI=1S/C25H32N4O2.C9H16N2O2/c1-15(2)29-21(12-13-26-29)24(30)28-23(22(17-6-7-17)18-8-9-18)25(31)27-20-11-10-16-4-3-5-19(16)14-20;10-9(13)8(6-1-2-6)11-4-3-7(12)5-11/h10-15,17-18,22-23H,3-9H2,1-2H3,(H,27,31)(H,28,30);6-8,12H,1-5H2,(H2,10,13). The van der Waals surface area contributed by atoms with E-state index in [4.69, 9.17) is 5.73 Å². The van der Waals surface area contributed by atoms with Crippen LogP contribution in [0.4, 0.5) is 5.69 Å². The summed E-state index contributed by atoms with van der Waals surface area (Å²) < 4.78 is 1.72. The molecule has 5 N–H and O–H groups in total. The van der Waals surface area contributed by atoms with Gasteiger partial charge in [-0.2, -0.15) is 5.10 Å². The van der Waals surface area contributed by atoms with Crippen molar-refractivity contribution in [3.8, 4) is 0 Å². The summed E-state index contributed by atoms with van der Waals surface area (Å²) in [4.78, 5) is 39.9. The van der Waals surface area contributed by atoms with Gasteiger partial charge in [-0.3, -0.25) is 24.0 Å². The highest BCUT2D eigenvalue weighted by atomic mass is 16.3. The highest BCUT2D eigenvalue weighted by Gasteiger charge is 2.48. The highest BCUT2D eigenvalue weighted by molar-refractivity contribution is 6.01. The molecule has 1 aromatic carbocycles. The minimum Gasteiger partial charge on any atom is -0.392 e. The number of likely N-dealkylation sites (tertiary alicyclic amines) is 1. The Morgan fingerprint density at radius 2 is 1.64 bits per heavy atom. The van der Waals surface area contributed by atoms with Crippen LogP contribution in [0.5, 0.6) is 0 Å². The molecule has 4 fully saturated rings. The highest BCUT2D eigenvalue weighted by Crippen LogP contribution is 2.51. The number of carbonyl (C=O) groups is 3. The molecule has 3 atom stereocenters. The lowest BCUT2D eigenvalue weighted by molar-refractivity contribution is -0.123. The average Bonchev–Trinajstić information content (AvgIpc) is 3.95. The number of anilines is 1. The second kappa shape index (κ2) is 13.0. The molecule has 3 unspecified atom stereocenters. The Morgan fingerprint density at radius 1 is 0.955 bits per heavy atom. The number of carbonyl (C=O) groups excluding carboxylic acids is 3. The van der Waals surface area contributed by atoms with Gasteiger partial charge < -0.3 is 21.5 Å². The van der Waals surface area contributed by atoms with Crippen molar-refractivity contribution in [2.24, 2.45) is 29.4 Å². The van der Waals surface area contributed by atoms with E-state index in [1.807, 2.05) is 24.8 Å². The minimum atomic E-state index is -0.517. The van der Waals surface area contributed by atoms with Crippen LogP contribution in [-0.2, 0) is 22.4 Å². The third kappa shape index (κ3) is 7.18. The third-order valence-electron chi connectivity index (χ3n) is 9.99. The van der Waals surface area contributed by atoms with E-state index in [0.717, 1.165) is 70.0 Å². The zero-order valence-electron chi connectivity index (χ0n) is 26.1. The summed E-state index contributed by atoms with van der Waals surface area (Å²) in [7, 11) is 0. The molecule has 238 valence electrons. The molecular weight excluding hydrogens is 556 g/mol.